The van der Waals surface area contributed by atoms with Gasteiger partial charge in [0.1, 0.15) is 10.8 Å². The summed E-state index contributed by atoms with van der Waals surface area (Å²) >= 11 is 5.48. The maximum Gasteiger partial charge on any atom is 0.267 e. The summed E-state index contributed by atoms with van der Waals surface area (Å²) in [7, 11) is 0. The van der Waals surface area contributed by atoms with Gasteiger partial charge in [-0.05, 0) is 0 Å². The van der Waals surface area contributed by atoms with Crippen molar-refractivity contribution in [3.8, 4) is 0 Å². The van der Waals surface area contributed by atoms with E-state index in [0.29, 0.717) is 0 Å². The average Bonchev–Trinajstić information content (AvgIpc) is 2.00. The van der Waals surface area contributed by atoms with E-state index < -0.39 is 12.0 Å². The first-order valence-corrected chi connectivity index (χ1v) is 3.39. The van der Waals surface area contributed by atoms with Crippen LogP contribution >= 0.6 is 11.6 Å². The normalized spacial score (nSPS) is 10.7. The molecule has 12 heavy (non-hydrogen) atoms. The van der Waals surface area contributed by atoms with Crippen molar-refractivity contribution in [2.75, 3.05) is 11.5 Å². The van der Waals surface area contributed by atoms with Gasteiger partial charge < -0.3 is 11.5 Å². The molecule has 0 aliphatic rings. The second-order valence-corrected chi connectivity index (χ2v) is 2.51. The second-order valence-electron chi connectivity index (χ2n) is 2.13. The molecule has 4 N–H and O–H groups in total. The Morgan fingerprint density at radius 2 is 2.00 bits per heavy atom. The van der Waals surface area contributed by atoms with E-state index in [2.05, 4.69) is 4.98 Å². The van der Waals surface area contributed by atoms with E-state index in [0.717, 1.165) is 6.20 Å². The van der Waals surface area contributed by atoms with Crippen LogP contribution < -0.4 is 11.5 Å². The first-order valence-electron chi connectivity index (χ1n) is 3.01. The summed E-state index contributed by atoms with van der Waals surface area (Å²) in [5.74, 6) is -0.0430. The molecule has 0 spiro atoms. The molecular formula is C6H6ClF2N3. The fourth-order valence-electron chi connectivity index (χ4n) is 0.704. The lowest BCUT2D eigenvalue weighted by atomic mass is 10.2. The third-order valence-electron chi connectivity index (χ3n) is 1.35. The summed E-state index contributed by atoms with van der Waals surface area (Å²) < 4.78 is 24.2. The molecule has 0 aliphatic heterocycles. The summed E-state index contributed by atoms with van der Waals surface area (Å²) in [6.45, 7) is 0. The summed E-state index contributed by atoms with van der Waals surface area (Å²) in [6, 6.07) is 0. The van der Waals surface area contributed by atoms with Crippen molar-refractivity contribution in [1.82, 2.24) is 4.98 Å². The third-order valence-corrected chi connectivity index (χ3v) is 1.75. The van der Waals surface area contributed by atoms with Gasteiger partial charge in [-0.2, -0.15) is 0 Å². The van der Waals surface area contributed by atoms with Crippen molar-refractivity contribution in [3.05, 3.63) is 16.8 Å². The highest BCUT2D eigenvalue weighted by molar-refractivity contribution is 6.35. The molecule has 1 aromatic heterocycles. The minimum Gasteiger partial charge on any atom is -0.397 e. The monoisotopic (exact) mass is 193 g/mol. The Labute approximate surface area is 72.3 Å². The Morgan fingerprint density at radius 1 is 1.42 bits per heavy atom. The first-order chi connectivity index (χ1) is 5.54. The van der Waals surface area contributed by atoms with Crippen LogP contribution in [0.25, 0.3) is 0 Å². The number of hydrogen-bond acceptors (Lipinski definition) is 3. The molecule has 0 saturated heterocycles. The standard InChI is InChI=1S/C6H6ClF2N3/c7-3-4(10)2(5(8)9)1-12-6(3)11/h1,5H,(H4,10,11,12). The largest absolute Gasteiger partial charge is 0.397 e. The number of hydrogen-bond donors (Lipinski definition) is 2. The maximum absolute atomic E-state index is 12.1. The summed E-state index contributed by atoms with van der Waals surface area (Å²) in [6.07, 6.45) is -1.77. The lowest BCUT2D eigenvalue weighted by molar-refractivity contribution is 0.152. The smallest absolute Gasteiger partial charge is 0.267 e. The number of alkyl halides is 2. The van der Waals surface area contributed by atoms with Gasteiger partial charge in [0.2, 0.25) is 0 Å². The molecule has 1 heterocycles. The van der Waals surface area contributed by atoms with Gasteiger partial charge in [0.15, 0.2) is 0 Å². The molecule has 6 heteroatoms. The molecule has 0 bridgehead atoms. The molecule has 1 aromatic rings. The number of nitrogens with zero attached hydrogens (tertiary/aromatic N) is 1. The van der Waals surface area contributed by atoms with Crippen LogP contribution in [0.5, 0.6) is 0 Å². The van der Waals surface area contributed by atoms with Gasteiger partial charge in [-0.25, -0.2) is 13.8 Å². The molecule has 0 aliphatic carbocycles. The Hall–Kier alpha value is -1.10. The molecular weight excluding hydrogens is 188 g/mol. The van der Waals surface area contributed by atoms with Gasteiger partial charge in [-0.1, -0.05) is 11.6 Å². The summed E-state index contributed by atoms with van der Waals surface area (Å²) in [5.41, 5.74) is 9.87. The van der Waals surface area contributed by atoms with Crippen molar-refractivity contribution in [2.45, 2.75) is 6.43 Å². The Balaban J connectivity index is 3.27. The minimum atomic E-state index is -2.68. The van der Waals surface area contributed by atoms with Crippen molar-refractivity contribution >= 4 is 23.1 Å². The predicted octanol–water partition coefficient (Wildman–Crippen LogP) is 1.84. The van der Waals surface area contributed by atoms with Gasteiger partial charge in [0.05, 0.1) is 11.3 Å². The number of nitrogens with two attached hydrogens (primary N) is 2. The average molecular weight is 194 g/mol. The fraction of sp³-hybridized carbons (Fsp3) is 0.167. The lowest BCUT2D eigenvalue weighted by Crippen LogP contribution is -2.01. The van der Waals surface area contributed by atoms with E-state index in [1.54, 1.807) is 0 Å². The van der Waals surface area contributed by atoms with Crippen LogP contribution in [0.2, 0.25) is 5.02 Å². The van der Waals surface area contributed by atoms with Crippen LogP contribution in [-0.2, 0) is 0 Å². The highest BCUT2D eigenvalue weighted by atomic mass is 35.5. The Bertz CT molecular complexity index is 303. The topological polar surface area (TPSA) is 64.9 Å². The number of halogens is 3. The quantitative estimate of drug-likeness (QED) is 0.715. The van der Waals surface area contributed by atoms with Crippen molar-refractivity contribution in [1.29, 1.82) is 0 Å². The van der Waals surface area contributed by atoms with Crippen LogP contribution in [-0.4, -0.2) is 4.98 Å². The molecule has 0 radical (unpaired) electrons. The van der Waals surface area contributed by atoms with E-state index >= 15 is 0 Å². The van der Waals surface area contributed by atoms with Crippen molar-refractivity contribution in [3.63, 3.8) is 0 Å². The first kappa shape index (κ1) is 8.99. The highest BCUT2D eigenvalue weighted by Crippen LogP contribution is 2.32. The molecule has 0 unspecified atom stereocenters. The molecule has 1 rings (SSSR count). The zero-order valence-electron chi connectivity index (χ0n) is 5.89. The van der Waals surface area contributed by atoms with E-state index in [1.807, 2.05) is 0 Å². The predicted molar refractivity (Wildman–Crippen MR) is 43.0 cm³/mol. The number of anilines is 2. The number of rotatable bonds is 1. The van der Waals surface area contributed by atoms with Gasteiger partial charge in [0.25, 0.3) is 6.43 Å². The third kappa shape index (κ3) is 1.40. The Kier molecular flexibility index (Phi) is 2.32. The molecule has 0 amide bonds. The molecule has 3 nitrogen and oxygen atoms in total. The number of nitrogen functional groups attached to an aromatic ring is 2. The highest BCUT2D eigenvalue weighted by Gasteiger charge is 2.15. The summed E-state index contributed by atoms with van der Waals surface area (Å²) in [5, 5.41) is -0.118. The molecule has 0 aromatic carbocycles. The van der Waals surface area contributed by atoms with Crippen molar-refractivity contribution < 1.29 is 8.78 Å². The van der Waals surface area contributed by atoms with Crippen molar-refractivity contribution in [2.24, 2.45) is 0 Å². The van der Waals surface area contributed by atoms with Crippen LogP contribution in [0, 0.1) is 0 Å². The molecule has 66 valence electrons. The SMILES string of the molecule is Nc1ncc(C(F)F)c(N)c1Cl. The minimum absolute atomic E-state index is 0.0430. The zero-order valence-corrected chi connectivity index (χ0v) is 6.65. The molecule has 0 saturated carbocycles. The van der Waals surface area contributed by atoms with E-state index in [1.165, 1.54) is 0 Å². The maximum atomic E-state index is 12.1. The van der Waals surface area contributed by atoms with Gasteiger partial charge >= 0.3 is 0 Å². The van der Waals surface area contributed by atoms with Crippen LogP contribution in [0.3, 0.4) is 0 Å². The number of pyridine rings is 1. The van der Waals surface area contributed by atoms with Crippen LogP contribution in [0.4, 0.5) is 20.3 Å². The molecule has 0 atom stereocenters. The second kappa shape index (κ2) is 3.10. The van der Waals surface area contributed by atoms with Gasteiger partial charge in [-0.3, -0.25) is 0 Å². The van der Waals surface area contributed by atoms with Crippen LogP contribution in [0.1, 0.15) is 12.0 Å². The molecule has 0 fully saturated rings. The van der Waals surface area contributed by atoms with Gasteiger partial charge in [0, 0.05) is 6.20 Å². The van der Waals surface area contributed by atoms with Crippen LogP contribution in [0.15, 0.2) is 6.20 Å². The zero-order chi connectivity index (χ0) is 9.30. The lowest BCUT2D eigenvalue weighted by Gasteiger charge is -2.06. The van der Waals surface area contributed by atoms with E-state index in [-0.39, 0.29) is 16.5 Å². The van der Waals surface area contributed by atoms with E-state index in [9.17, 15) is 8.78 Å². The number of aromatic nitrogens is 1. The fourth-order valence-corrected chi connectivity index (χ4v) is 0.862. The Morgan fingerprint density at radius 3 is 2.50 bits per heavy atom. The van der Waals surface area contributed by atoms with E-state index in [4.69, 9.17) is 23.1 Å². The summed E-state index contributed by atoms with van der Waals surface area (Å²) in [4.78, 5) is 3.45. The van der Waals surface area contributed by atoms with Gasteiger partial charge in [-0.15, -0.1) is 0 Å².